The predicted octanol–water partition coefficient (Wildman–Crippen LogP) is 2.07. The Kier molecular flexibility index (Phi) is 3.74. The van der Waals surface area contributed by atoms with Gasteiger partial charge in [0, 0.05) is 12.1 Å². The van der Waals surface area contributed by atoms with E-state index in [-0.39, 0.29) is 17.5 Å². The molecule has 0 bridgehead atoms. The number of carboxylic acids is 1. The van der Waals surface area contributed by atoms with Crippen LogP contribution in [0.1, 0.15) is 46.5 Å². The summed E-state index contributed by atoms with van der Waals surface area (Å²) in [6, 6.07) is -0.917. The Bertz CT molecular complexity index is 377. The first kappa shape index (κ1) is 14.2. The highest BCUT2D eigenvalue weighted by Gasteiger charge is 2.42. The number of likely N-dealkylation sites (tertiary alicyclic amines) is 1. The summed E-state index contributed by atoms with van der Waals surface area (Å²) in [5.41, 5.74) is -0.235. The van der Waals surface area contributed by atoms with Crippen molar-refractivity contribution in [2.24, 2.45) is 11.8 Å². The highest BCUT2D eigenvalue weighted by Crippen LogP contribution is 2.39. The molecule has 2 fully saturated rings. The van der Waals surface area contributed by atoms with Gasteiger partial charge in [-0.25, -0.2) is 9.59 Å². The van der Waals surface area contributed by atoms with E-state index in [2.05, 4.69) is 5.32 Å². The number of piperidine rings is 1. The third-order valence-corrected chi connectivity index (χ3v) is 4.47. The van der Waals surface area contributed by atoms with Crippen molar-refractivity contribution in [3.8, 4) is 0 Å². The lowest BCUT2D eigenvalue weighted by Crippen LogP contribution is -2.59. The number of carboxylic acid groups (broad SMARTS) is 1. The maximum absolute atomic E-state index is 12.4. The number of hydrogen-bond acceptors (Lipinski definition) is 2. The Morgan fingerprint density at radius 1 is 1.26 bits per heavy atom. The van der Waals surface area contributed by atoms with Crippen LogP contribution in [0, 0.1) is 11.8 Å². The van der Waals surface area contributed by atoms with Gasteiger partial charge >= 0.3 is 12.0 Å². The zero-order chi connectivity index (χ0) is 14.2. The number of carbonyl (C=O) groups excluding carboxylic acids is 1. The molecule has 1 aliphatic heterocycles. The first-order valence-electron chi connectivity index (χ1n) is 7.14. The molecule has 2 N–H and O–H groups in total. The monoisotopic (exact) mass is 268 g/mol. The summed E-state index contributed by atoms with van der Waals surface area (Å²) in [5.74, 6) is -0.352. The third kappa shape index (κ3) is 3.01. The fraction of sp³-hybridized carbons (Fsp3) is 0.857. The lowest BCUT2D eigenvalue weighted by molar-refractivity contribution is -0.145. The Labute approximate surface area is 114 Å². The van der Waals surface area contributed by atoms with Crippen LogP contribution in [0.3, 0.4) is 0 Å². The van der Waals surface area contributed by atoms with Gasteiger partial charge in [0.05, 0.1) is 0 Å². The molecule has 1 aliphatic carbocycles. The van der Waals surface area contributed by atoms with Crippen LogP contribution >= 0.6 is 0 Å². The molecule has 0 aromatic rings. The van der Waals surface area contributed by atoms with E-state index in [1.54, 1.807) is 0 Å². The number of nitrogens with one attached hydrogen (secondary N) is 1. The van der Waals surface area contributed by atoms with E-state index >= 15 is 0 Å². The van der Waals surface area contributed by atoms with Crippen molar-refractivity contribution in [1.29, 1.82) is 0 Å². The van der Waals surface area contributed by atoms with E-state index in [9.17, 15) is 14.7 Å². The standard InChI is InChI=1S/C14H24N2O3/c1-9-5-4-8-16(11(9)12(17)18)13(19)15-14(2,3)10-6-7-10/h9-11H,4-8H2,1-3H3,(H,15,19)(H,17,18). The van der Waals surface area contributed by atoms with Crippen molar-refractivity contribution < 1.29 is 14.7 Å². The minimum absolute atomic E-state index is 0.0148. The normalized spacial score (nSPS) is 28.1. The van der Waals surface area contributed by atoms with E-state index in [4.69, 9.17) is 0 Å². The second-order valence-electron chi connectivity index (χ2n) is 6.52. The number of nitrogens with zero attached hydrogens (tertiary/aromatic N) is 1. The van der Waals surface area contributed by atoms with Gasteiger partial charge < -0.3 is 15.3 Å². The molecule has 1 saturated heterocycles. The average molecular weight is 268 g/mol. The van der Waals surface area contributed by atoms with E-state index in [0.717, 1.165) is 25.7 Å². The van der Waals surface area contributed by atoms with Gasteiger partial charge in [-0.15, -0.1) is 0 Å². The molecular formula is C14H24N2O3. The zero-order valence-corrected chi connectivity index (χ0v) is 12.0. The topological polar surface area (TPSA) is 69.6 Å². The number of amides is 2. The van der Waals surface area contributed by atoms with Gasteiger partial charge in [0.2, 0.25) is 0 Å². The lowest BCUT2D eigenvalue weighted by atomic mass is 9.91. The maximum atomic E-state index is 12.4. The fourth-order valence-corrected chi connectivity index (χ4v) is 3.05. The Morgan fingerprint density at radius 2 is 1.89 bits per heavy atom. The van der Waals surface area contributed by atoms with Crippen molar-refractivity contribution in [2.75, 3.05) is 6.54 Å². The summed E-state index contributed by atoms with van der Waals surface area (Å²) in [6.07, 6.45) is 4.03. The highest BCUT2D eigenvalue weighted by atomic mass is 16.4. The molecule has 2 amide bonds. The number of carbonyl (C=O) groups is 2. The van der Waals surface area contributed by atoms with E-state index in [1.807, 2.05) is 20.8 Å². The largest absolute Gasteiger partial charge is 0.480 e. The molecule has 1 saturated carbocycles. The van der Waals surface area contributed by atoms with Gasteiger partial charge in [-0.3, -0.25) is 0 Å². The van der Waals surface area contributed by atoms with Crippen LogP contribution in [0.25, 0.3) is 0 Å². The van der Waals surface area contributed by atoms with Gasteiger partial charge in [0.1, 0.15) is 6.04 Å². The smallest absolute Gasteiger partial charge is 0.326 e. The van der Waals surface area contributed by atoms with Crippen molar-refractivity contribution >= 4 is 12.0 Å². The van der Waals surface area contributed by atoms with Crippen molar-refractivity contribution in [3.05, 3.63) is 0 Å². The molecule has 5 heteroatoms. The Balaban J connectivity index is 2.05. The molecule has 0 spiro atoms. The minimum Gasteiger partial charge on any atom is -0.480 e. The molecule has 2 unspecified atom stereocenters. The maximum Gasteiger partial charge on any atom is 0.326 e. The van der Waals surface area contributed by atoms with Crippen LogP contribution in [-0.4, -0.2) is 40.1 Å². The van der Waals surface area contributed by atoms with Crippen molar-refractivity contribution in [1.82, 2.24) is 10.2 Å². The molecule has 2 aliphatic rings. The molecular weight excluding hydrogens is 244 g/mol. The second-order valence-corrected chi connectivity index (χ2v) is 6.52. The van der Waals surface area contributed by atoms with E-state index in [0.29, 0.717) is 12.5 Å². The quantitative estimate of drug-likeness (QED) is 0.823. The van der Waals surface area contributed by atoms with Crippen molar-refractivity contribution in [2.45, 2.75) is 58.0 Å². The summed E-state index contributed by atoms with van der Waals surface area (Å²) in [6.45, 7) is 6.48. The first-order valence-corrected chi connectivity index (χ1v) is 7.14. The molecule has 2 rings (SSSR count). The van der Waals surface area contributed by atoms with Gasteiger partial charge in [-0.2, -0.15) is 0 Å². The van der Waals surface area contributed by atoms with Gasteiger partial charge in [-0.1, -0.05) is 6.92 Å². The van der Waals surface area contributed by atoms with Crippen LogP contribution in [0.15, 0.2) is 0 Å². The van der Waals surface area contributed by atoms with Gasteiger partial charge in [0.15, 0.2) is 0 Å². The molecule has 0 radical (unpaired) electrons. The number of rotatable bonds is 3. The van der Waals surface area contributed by atoms with Crippen molar-refractivity contribution in [3.63, 3.8) is 0 Å². The van der Waals surface area contributed by atoms with Gasteiger partial charge in [-0.05, 0) is 51.4 Å². The summed E-state index contributed by atoms with van der Waals surface area (Å²) in [5, 5.41) is 12.3. The van der Waals surface area contributed by atoms with Crippen LogP contribution in [0.2, 0.25) is 0 Å². The number of aliphatic carboxylic acids is 1. The predicted molar refractivity (Wildman–Crippen MR) is 71.9 cm³/mol. The second kappa shape index (κ2) is 5.02. The SMILES string of the molecule is CC1CCCN(C(=O)NC(C)(C)C2CC2)C1C(=O)O. The molecule has 2 atom stereocenters. The van der Waals surface area contributed by atoms with Crippen LogP contribution in [0.4, 0.5) is 4.79 Å². The molecule has 19 heavy (non-hydrogen) atoms. The molecule has 0 aromatic carbocycles. The Morgan fingerprint density at radius 3 is 2.42 bits per heavy atom. The number of hydrogen-bond donors (Lipinski definition) is 2. The summed E-state index contributed by atoms with van der Waals surface area (Å²) >= 11 is 0. The zero-order valence-electron chi connectivity index (χ0n) is 12.0. The third-order valence-electron chi connectivity index (χ3n) is 4.47. The van der Waals surface area contributed by atoms with Crippen LogP contribution in [0.5, 0.6) is 0 Å². The minimum atomic E-state index is -0.897. The van der Waals surface area contributed by atoms with Crippen LogP contribution < -0.4 is 5.32 Å². The Hall–Kier alpha value is -1.26. The summed E-state index contributed by atoms with van der Waals surface area (Å²) < 4.78 is 0. The fourth-order valence-electron chi connectivity index (χ4n) is 3.05. The highest BCUT2D eigenvalue weighted by molar-refractivity contribution is 5.83. The summed E-state index contributed by atoms with van der Waals surface area (Å²) in [4.78, 5) is 25.2. The molecule has 0 aromatic heterocycles. The lowest BCUT2D eigenvalue weighted by Gasteiger charge is -2.39. The summed E-state index contributed by atoms with van der Waals surface area (Å²) in [7, 11) is 0. The molecule has 108 valence electrons. The van der Waals surface area contributed by atoms with E-state index in [1.165, 1.54) is 4.90 Å². The van der Waals surface area contributed by atoms with Crippen LogP contribution in [-0.2, 0) is 4.79 Å². The van der Waals surface area contributed by atoms with Gasteiger partial charge in [0.25, 0.3) is 0 Å². The molecule has 5 nitrogen and oxygen atoms in total. The molecule has 1 heterocycles. The first-order chi connectivity index (χ1) is 8.83. The van der Waals surface area contributed by atoms with E-state index < -0.39 is 12.0 Å². The average Bonchev–Trinajstić information content (AvgIpc) is 3.11. The number of urea groups is 1.